The molecule has 0 saturated carbocycles. The molecule has 2 aromatic rings. The molecule has 0 amide bonds. The molecule has 4 nitrogen and oxygen atoms in total. The summed E-state index contributed by atoms with van der Waals surface area (Å²) in [6.07, 6.45) is 1.97. The van der Waals surface area contributed by atoms with Crippen LogP contribution in [-0.4, -0.2) is 11.5 Å². The average Bonchev–Trinajstić information content (AvgIpc) is 2.71. The van der Waals surface area contributed by atoms with Crippen molar-refractivity contribution in [1.82, 2.24) is 10.3 Å². The molecule has 0 atom stereocenters. The second-order valence-electron chi connectivity index (χ2n) is 3.24. The predicted molar refractivity (Wildman–Crippen MR) is 55.9 cm³/mol. The molecule has 0 aliphatic carbocycles. The van der Waals surface area contributed by atoms with E-state index in [-0.39, 0.29) is 0 Å². The van der Waals surface area contributed by atoms with Crippen molar-refractivity contribution in [3.63, 3.8) is 0 Å². The van der Waals surface area contributed by atoms with Gasteiger partial charge in [-0.25, -0.2) is 4.98 Å². The SMILES string of the molecule is N#CCCNCc1ccc2ncoc2c1. The van der Waals surface area contributed by atoms with Crippen molar-refractivity contribution < 1.29 is 4.42 Å². The van der Waals surface area contributed by atoms with Crippen molar-refractivity contribution in [3.8, 4) is 6.07 Å². The Bertz CT molecular complexity index is 484. The number of oxazole rings is 1. The molecule has 2 rings (SSSR count). The van der Waals surface area contributed by atoms with Gasteiger partial charge in [0.15, 0.2) is 12.0 Å². The molecule has 0 aliphatic rings. The minimum Gasteiger partial charge on any atom is -0.443 e. The normalized spacial score (nSPS) is 10.3. The summed E-state index contributed by atoms with van der Waals surface area (Å²) < 4.78 is 5.19. The second-order valence-corrected chi connectivity index (χ2v) is 3.24. The van der Waals surface area contributed by atoms with Crippen molar-refractivity contribution >= 4 is 11.1 Å². The lowest BCUT2D eigenvalue weighted by molar-refractivity contribution is 0.601. The Labute approximate surface area is 87.5 Å². The summed E-state index contributed by atoms with van der Waals surface area (Å²) >= 11 is 0. The van der Waals surface area contributed by atoms with Gasteiger partial charge in [-0.2, -0.15) is 5.26 Å². The highest BCUT2D eigenvalue weighted by Crippen LogP contribution is 2.13. The molecule has 1 heterocycles. The highest BCUT2D eigenvalue weighted by Gasteiger charge is 1.99. The highest BCUT2D eigenvalue weighted by atomic mass is 16.3. The number of aromatic nitrogens is 1. The molecule has 0 spiro atoms. The van der Waals surface area contributed by atoms with Crippen LogP contribution in [0.1, 0.15) is 12.0 Å². The Morgan fingerprint density at radius 2 is 2.40 bits per heavy atom. The van der Waals surface area contributed by atoms with Crippen LogP contribution >= 0.6 is 0 Å². The molecule has 4 heteroatoms. The summed E-state index contributed by atoms with van der Waals surface area (Å²) in [7, 11) is 0. The first kappa shape index (κ1) is 9.69. The summed E-state index contributed by atoms with van der Waals surface area (Å²) in [6, 6.07) is 7.98. The Kier molecular flexibility index (Phi) is 2.96. The quantitative estimate of drug-likeness (QED) is 0.766. The molecule has 0 bridgehead atoms. The Morgan fingerprint density at radius 1 is 1.47 bits per heavy atom. The first-order valence-corrected chi connectivity index (χ1v) is 4.80. The maximum absolute atomic E-state index is 8.36. The number of nitrogens with zero attached hydrogens (tertiary/aromatic N) is 2. The van der Waals surface area contributed by atoms with Crippen LogP contribution in [0.2, 0.25) is 0 Å². The van der Waals surface area contributed by atoms with Gasteiger partial charge in [0.25, 0.3) is 0 Å². The molecule has 1 aromatic heterocycles. The van der Waals surface area contributed by atoms with Gasteiger partial charge in [-0.05, 0) is 17.7 Å². The van der Waals surface area contributed by atoms with E-state index >= 15 is 0 Å². The van der Waals surface area contributed by atoms with Crippen LogP contribution in [0.4, 0.5) is 0 Å². The van der Waals surface area contributed by atoms with Crippen LogP contribution in [0, 0.1) is 11.3 Å². The summed E-state index contributed by atoms with van der Waals surface area (Å²) in [5.74, 6) is 0. The van der Waals surface area contributed by atoms with E-state index in [1.54, 1.807) is 0 Å². The fraction of sp³-hybridized carbons (Fsp3) is 0.273. The molecule has 0 fully saturated rings. The number of fused-ring (bicyclic) bond motifs is 1. The van der Waals surface area contributed by atoms with Crippen LogP contribution in [0.15, 0.2) is 29.0 Å². The fourth-order valence-electron chi connectivity index (χ4n) is 1.39. The number of benzene rings is 1. The van der Waals surface area contributed by atoms with Crippen molar-refractivity contribution in [2.24, 2.45) is 0 Å². The molecule has 0 radical (unpaired) electrons. The molecule has 15 heavy (non-hydrogen) atoms. The van der Waals surface area contributed by atoms with E-state index < -0.39 is 0 Å². The summed E-state index contributed by atoms with van der Waals surface area (Å²) in [4.78, 5) is 4.04. The zero-order valence-corrected chi connectivity index (χ0v) is 8.23. The van der Waals surface area contributed by atoms with Gasteiger partial charge in [-0.3, -0.25) is 0 Å². The lowest BCUT2D eigenvalue weighted by Crippen LogP contribution is -2.13. The van der Waals surface area contributed by atoms with E-state index in [0.717, 1.165) is 23.2 Å². The van der Waals surface area contributed by atoms with Crippen molar-refractivity contribution in [2.45, 2.75) is 13.0 Å². The average molecular weight is 201 g/mol. The Morgan fingerprint density at radius 3 is 3.27 bits per heavy atom. The summed E-state index contributed by atoms with van der Waals surface area (Å²) in [5, 5.41) is 11.5. The third kappa shape index (κ3) is 2.33. The molecule has 1 N–H and O–H groups in total. The summed E-state index contributed by atoms with van der Waals surface area (Å²) in [5.41, 5.74) is 2.81. The molecule has 0 aliphatic heterocycles. The molecule has 0 saturated heterocycles. The number of nitriles is 1. The van der Waals surface area contributed by atoms with E-state index in [1.165, 1.54) is 6.39 Å². The van der Waals surface area contributed by atoms with Crippen LogP contribution in [-0.2, 0) is 6.54 Å². The van der Waals surface area contributed by atoms with Crippen LogP contribution in [0.3, 0.4) is 0 Å². The van der Waals surface area contributed by atoms with Crippen LogP contribution < -0.4 is 5.32 Å². The smallest absolute Gasteiger partial charge is 0.181 e. The van der Waals surface area contributed by atoms with Crippen molar-refractivity contribution in [3.05, 3.63) is 30.2 Å². The number of hydrogen-bond donors (Lipinski definition) is 1. The van der Waals surface area contributed by atoms with Crippen molar-refractivity contribution in [1.29, 1.82) is 5.26 Å². The van der Waals surface area contributed by atoms with E-state index in [2.05, 4.69) is 16.4 Å². The van der Waals surface area contributed by atoms with Gasteiger partial charge in [0.05, 0.1) is 6.07 Å². The van der Waals surface area contributed by atoms with Gasteiger partial charge in [0.2, 0.25) is 0 Å². The molecular formula is C11H11N3O. The standard InChI is InChI=1S/C11H11N3O/c12-4-1-5-13-7-9-2-3-10-11(6-9)15-8-14-10/h2-3,6,8,13H,1,5,7H2. The van der Waals surface area contributed by atoms with Gasteiger partial charge >= 0.3 is 0 Å². The van der Waals surface area contributed by atoms with Gasteiger partial charge in [-0.1, -0.05) is 6.07 Å². The zero-order valence-electron chi connectivity index (χ0n) is 8.23. The van der Waals surface area contributed by atoms with E-state index in [0.29, 0.717) is 13.0 Å². The lowest BCUT2D eigenvalue weighted by atomic mass is 10.2. The fourth-order valence-corrected chi connectivity index (χ4v) is 1.39. The topological polar surface area (TPSA) is 61.9 Å². The van der Waals surface area contributed by atoms with Gasteiger partial charge in [0.1, 0.15) is 5.52 Å². The molecular weight excluding hydrogens is 190 g/mol. The molecule has 76 valence electrons. The van der Waals surface area contributed by atoms with E-state index in [1.807, 2.05) is 18.2 Å². The predicted octanol–water partition coefficient (Wildman–Crippen LogP) is 1.83. The van der Waals surface area contributed by atoms with Gasteiger partial charge in [-0.15, -0.1) is 0 Å². The second kappa shape index (κ2) is 4.58. The third-order valence-electron chi connectivity index (χ3n) is 2.14. The minimum atomic E-state index is 0.532. The van der Waals surface area contributed by atoms with Crippen LogP contribution in [0.25, 0.3) is 11.1 Å². The van der Waals surface area contributed by atoms with Gasteiger partial charge < -0.3 is 9.73 Å². The summed E-state index contributed by atoms with van der Waals surface area (Å²) in [6.45, 7) is 1.46. The highest BCUT2D eigenvalue weighted by molar-refractivity contribution is 5.72. The Hall–Kier alpha value is -1.86. The zero-order chi connectivity index (χ0) is 10.5. The first-order valence-electron chi connectivity index (χ1n) is 4.80. The van der Waals surface area contributed by atoms with Crippen molar-refractivity contribution in [2.75, 3.05) is 6.54 Å². The molecule has 0 unspecified atom stereocenters. The molecule has 1 aromatic carbocycles. The van der Waals surface area contributed by atoms with Gasteiger partial charge in [0, 0.05) is 19.5 Å². The van der Waals surface area contributed by atoms with E-state index in [4.69, 9.17) is 9.68 Å². The first-order chi connectivity index (χ1) is 7.40. The third-order valence-corrected chi connectivity index (χ3v) is 2.14. The number of rotatable bonds is 4. The monoisotopic (exact) mass is 201 g/mol. The van der Waals surface area contributed by atoms with Crippen LogP contribution in [0.5, 0.6) is 0 Å². The number of nitrogens with one attached hydrogen (secondary N) is 1. The largest absolute Gasteiger partial charge is 0.443 e. The minimum absolute atomic E-state index is 0.532. The maximum atomic E-state index is 8.36. The van der Waals surface area contributed by atoms with E-state index in [9.17, 15) is 0 Å². The maximum Gasteiger partial charge on any atom is 0.181 e. The number of hydrogen-bond acceptors (Lipinski definition) is 4. The lowest BCUT2D eigenvalue weighted by Gasteiger charge is -2.01. The Balaban J connectivity index is 1.99.